The molecule has 57 heavy (non-hydrogen) atoms. The molecule has 0 unspecified atom stereocenters. The first-order valence-corrected chi connectivity index (χ1v) is 19.6. The van der Waals surface area contributed by atoms with Gasteiger partial charge in [-0.05, 0) is 80.4 Å². The van der Waals surface area contributed by atoms with Crippen molar-refractivity contribution in [3.05, 3.63) is 247 Å². The summed E-state index contributed by atoms with van der Waals surface area (Å²) in [6.07, 6.45) is 0. The van der Waals surface area contributed by atoms with Crippen molar-refractivity contribution in [1.29, 1.82) is 0 Å². The summed E-state index contributed by atoms with van der Waals surface area (Å²) in [5, 5.41) is 2.21. The van der Waals surface area contributed by atoms with Crippen LogP contribution in [0.5, 0.6) is 0 Å². The molecule has 0 N–H and O–H groups in total. The van der Waals surface area contributed by atoms with Crippen LogP contribution in [-0.2, 0) is 5.41 Å². The van der Waals surface area contributed by atoms with E-state index in [2.05, 4.69) is 223 Å². The molecule has 0 saturated carbocycles. The van der Waals surface area contributed by atoms with E-state index in [9.17, 15) is 0 Å². The number of hydrogen-bond acceptors (Lipinski definition) is 2. The highest BCUT2D eigenvalue weighted by molar-refractivity contribution is 6.13. The van der Waals surface area contributed by atoms with Gasteiger partial charge in [-0.3, -0.25) is 0 Å². The third kappa shape index (κ3) is 5.18. The zero-order valence-corrected chi connectivity index (χ0v) is 31.2. The highest BCUT2D eigenvalue weighted by Gasteiger charge is 2.45. The molecule has 1 heterocycles. The number of nitrogens with zero attached hydrogens (tertiary/aromatic N) is 1. The van der Waals surface area contributed by atoms with Crippen LogP contribution in [0, 0.1) is 0 Å². The smallest absolute Gasteiger partial charge is 0.159 e. The second-order valence-corrected chi connectivity index (χ2v) is 14.8. The molecule has 0 fully saturated rings. The van der Waals surface area contributed by atoms with E-state index in [1.165, 1.54) is 38.9 Å². The third-order valence-corrected chi connectivity index (χ3v) is 11.8. The van der Waals surface area contributed by atoms with Crippen LogP contribution in [0.15, 0.2) is 229 Å². The highest BCUT2D eigenvalue weighted by Crippen LogP contribution is 2.56. The molecule has 1 aliphatic rings. The van der Waals surface area contributed by atoms with Crippen molar-refractivity contribution >= 4 is 39.0 Å². The molecule has 1 aliphatic carbocycles. The van der Waals surface area contributed by atoms with Crippen LogP contribution in [0.1, 0.15) is 22.3 Å². The number of anilines is 3. The number of fused-ring (bicyclic) bond motifs is 6. The van der Waals surface area contributed by atoms with Gasteiger partial charge in [-0.15, -0.1) is 0 Å². The summed E-state index contributed by atoms with van der Waals surface area (Å²) >= 11 is 0. The normalized spacial score (nSPS) is 12.7. The Morgan fingerprint density at radius 2 is 0.789 bits per heavy atom. The Balaban J connectivity index is 1.00. The topological polar surface area (TPSA) is 16.4 Å². The van der Waals surface area contributed by atoms with Crippen molar-refractivity contribution in [2.24, 2.45) is 0 Å². The molecule has 0 saturated heterocycles. The SMILES string of the molecule is c1ccc(-c2cccc3c2oc2c(N(c4ccccc4)c4ccc(-c5ccc(C6(c7ccccc7)c7ccccc7-c7ccccc76)cc5)cc4)cccc23)cc1. The largest absolute Gasteiger partial charge is 0.453 e. The van der Waals surface area contributed by atoms with Gasteiger partial charge in [0.25, 0.3) is 0 Å². The van der Waals surface area contributed by atoms with E-state index in [0.717, 1.165) is 55.7 Å². The van der Waals surface area contributed by atoms with Gasteiger partial charge in [0, 0.05) is 27.7 Å². The van der Waals surface area contributed by atoms with Crippen molar-refractivity contribution in [2.45, 2.75) is 5.41 Å². The Labute approximate surface area is 332 Å². The van der Waals surface area contributed by atoms with Crippen molar-refractivity contribution < 1.29 is 4.42 Å². The zero-order valence-electron chi connectivity index (χ0n) is 31.2. The summed E-state index contributed by atoms with van der Waals surface area (Å²) in [6.45, 7) is 0. The second kappa shape index (κ2) is 13.4. The summed E-state index contributed by atoms with van der Waals surface area (Å²) < 4.78 is 6.88. The molecule has 1 aromatic heterocycles. The number of para-hydroxylation sites is 3. The van der Waals surface area contributed by atoms with E-state index in [0.29, 0.717) is 0 Å². The average Bonchev–Trinajstić information content (AvgIpc) is 3.83. The molecular formula is C55H37NO. The monoisotopic (exact) mass is 727 g/mol. The van der Waals surface area contributed by atoms with E-state index < -0.39 is 5.41 Å². The Hall–Kier alpha value is -7.42. The minimum atomic E-state index is -0.410. The van der Waals surface area contributed by atoms with Crippen LogP contribution >= 0.6 is 0 Å². The first-order chi connectivity index (χ1) is 28.3. The third-order valence-electron chi connectivity index (χ3n) is 11.8. The van der Waals surface area contributed by atoms with Crippen LogP contribution in [0.3, 0.4) is 0 Å². The van der Waals surface area contributed by atoms with Crippen molar-refractivity contribution in [2.75, 3.05) is 4.90 Å². The second-order valence-electron chi connectivity index (χ2n) is 14.8. The fourth-order valence-corrected chi connectivity index (χ4v) is 9.26. The van der Waals surface area contributed by atoms with Crippen LogP contribution in [0.25, 0.3) is 55.3 Å². The molecule has 268 valence electrons. The Morgan fingerprint density at radius 1 is 0.316 bits per heavy atom. The molecule has 2 heteroatoms. The van der Waals surface area contributed by atoms with Gasteiger partial charge >= 0.3 is 0 Å². The van der Waals surface area contributed by atoms with Gasteiger partial charge in [-0.25, -0.2) is 0 Å². The van der Waals surface area contributed by atoms with Crippen LogP contribution < -0.4 is 4.90 Å². The number of hydrogen-bond donors (Lipinski definition) is 0. The Kier molecular flexibility index (Phi) is 7.75. The van der Waals surface area contributed by atoms with Crippen LogP contribution in [-0.4, -0.2) is 0 Å². The lowest BCUT2D eigenvalue weighted by atomic mass is 9.67. The van der Waals surface area contributed by atoms with Gasteiger partial charge in [0.15, 0.2) is 5.58 Å². The highest BCUT2D eigenvalue weighted by atomic mass is 16.3. The number of rotatable bonds is 7. The molecule has 2 nitrogen and oxygen atoms in total. The van der Waals surface area contributed by atoms with E-state index in [4.69, 9.17) is 4.42 Å². The zero-order chi connectivity index (χ0) is 37.8. The quantitative estimate of drug-likeness (QED) is 0.163. The minimum absolute atomic E-state index is 0.410. The first kappa shape index (κ1) is 33.0. The van der Waals surface area contributed by atoms with E-state index in [-0.39, 0.29) is 0 Å². The summed E-state index contributed by atoms with van der Waals surface area (Å²) in [6, 6.07) is 80.9. The van der Waals surface area contributed by atoms with Crippen molar-refractivity contribution in [3.63, 3.8) is 0 Å². The fourth-order valence-electron chi connectivity index (χ4n) is 9.26. The molecule has 0 aliphatic heterocycles. The van der Waals surface area contributed by atoms with E-state index in [1.807, 2.05) is 6.07 Å². The summed E-state index contributed by atoms with van der Waals surface area (Å²) in [5.41, 5.74) is 16.8. The Morgan fingerprint density at radius 3 is 1.44 bits per heavy atom. The summed E-state index contributed by atoms with van der Waals surface area (Å²) in [7, 11) is 0. The van der Waals surface area contributed by atoms with Gasteiger partial charge in [-0.2, -0.15) is 0 Å². The van der Waals surface area contributed by atoms with Crippen molar-refractivity contribution in [1.82, 2.24) is 0 Å². The molecule has 9 aromatic carbocycles. The van der Waals surface area contributed by atoms with Crippen molar-refractivity contribution in [3.8, 4) is 33.4 Å². The van der Waals surface area contributed by atoms with Gasteiger partial charge in [-0.1, -0.05) is 194 Å². The minimum Gasteiger partial charge on any atom is -0.453 e. The standard InChI is InChI=1S/C55H37NO/c1-4-16-40(17-5-1)45-24-14-25-48-49-26-15-29-52(54(49)57-53(45)48)56(43-20-8-3-9-21-43)44-36-32-39(33-37-44)38-30-34-42(35-31-38)55(41-18-6-2-7-19-41)50-27-12-10-22-46(50)47-23-11-13-28-51(47)55/h1-37H. The van der Waals surface area contributed by atoms with Gasteiger partial charge in [0.2, 0.25) is 0 Å². The predicted molar refractivity (Wildman–Crippen MR) is 237 cm³/mol. The molecule has 10 aromatic rings. The maximum absolute atomic E-state index is 6.88. The molecule has 0 amide bonds. The van der Waals surface area contributed by atoms with Crippen LogP contribution in [0.4, 0.5) is 17.1 Å². The van der Waals surface area contributed by atoms with Gasteiger partial charge < -0.3 is 9.32 Å². The first-order valence-electron chi connectivity index (χ1n) is 19.6. The lowest BCUT2D eigenvalue weighted by Crippen LogP contribution is -2.28. The summed E-state index contributed by atoms with van der Waals surface area (Å²) in [4.78, 5) is 2.30. The molecule has 0 atom stereocenters. The maximum Gasteiger partial charge on any atom is 0.159 e. The summed E-state index contributed by atoms with van der Waals surface area (Å²) in [5.74, 6) is 0. The molecular weight excluding hydrogens is 691 g/mol. The van der Waals surface area contributed by atoms with Crippen LogP contribution in [0.2, 0.25) is 0 Å². The molecule has 0 bridgehead atoms. The predicted octanol–water partition coefficient (Wildman–Crippen LogP) is 14.8. The molecule has 11 rings (SSSR count). The molecule has 0 spiro atoms. The van der Waals surface area contributed by atoms with Gasteiger partial charge in [0.05, 0.1) is 11.1 Å². The number of benzene rings is 9. The lowest BCUT2D eigenvalue weighted by molar-refractivity contribution is 0.670. The Bertz CT molecular complexity index is 2990. The lowest BCUT2D eigenvalue weighted by Gasteiger charge is -2.34. The average molecular weight is 728 g/mol. The fraction of sp³-hybridized carbons (Fsp3) is 0.0182. The van der Waals surface area contributed by atoms with E-state index in [1.54, 1.807) is 0 Å². The van der Waals surface area contributed by atoms with Gasteiger partial charge in [0.1, 0.15) is 5.58 Å². The maximum atomic E-state index is 6.88. The number of furan rings is 1. The molecule has 0 radical (unpaired) electrons. The van der Waals surface area contributed by atoms with E-state index >= 15 is 0 Å².